The molecule has 4 heteroatoms. The molecule has 0 radical (unpaired) electrons. The lowest BCUT2D eigenvalue weighted by atomic mass is 9.93. The quantitative estimate of drug-likeness (QED) is 0.850. The maximum Gasteiger partial charge on any atom is 0.310 e. The van der Waals surface area contributed by atoms with E-state index in [4.69, 9.17) is 16.7 Å². The number of rotatable bonds is 5. The molecule has 0 aliphatic rings. The van der Waals surface area contributed by atoms with Crippen LogP contribution >= 0.6 is 11.6 Å². The molecule has 0 aromatic heterocycles. The van der Waals surface area contributed by atoms with Crippen LogP contribution in [0.15, 0.2) is 24.3 Å². The first-order valence-electron chi connectivity index (χ1n) is 5.55. The number of nitrogens with one attached hydrogen (secondary N) is 1. The molecule has 1 aromatic carbocycles. The molecular weight excluding hydrogens is 238 g/mol. The highest BCUT2D eigenvalue weighted by molar-refractivity contribution is 6.30. The van der Waals surface area contributed by atoms with Crippen molar-refractivity contribution in [1.29, 1.82) is 0 Å². The zero-order chi connectivity index (χ0) is 13.1. The summed E-state index contributed by atoms with van der Waals surface area (Å²) in [6, 6.07) is 7.63. The molecule has 0 aliphatic carbocycles. The van der Waals surface area contributed by atoms with Crippen LogP contribution in [0.5, 0.6) is 0 Å². The van der Waals surface area contributed by atoms with Gasteiger partial charge in [0.25, 0.3) is 0 Å². The molecule has 0 unspecified atom stereocenters. The molecule has 0 bridgehead atoms. The van der Waals surface area contributed by atoms with Crippen molar-refractivity contribution < 1.29 is 9.90 Å². The van der Waals surface area contributed by atoms with E-state index in [2.05, 4.69) is 5.32 Å². The van der Waals surface area contributed by atoms with Crippen molar-refractivity contribution in [3.8, 4) is 0 Å². The molecule has 0 fully saturated rings. The molecular formula is C13H18ClNO2. The lowest BCUT2D eigenvalue weighted by Gasteiger charge is -2.23. The number of hydrogen-bond donors (Lipinski definition) is 2. The van der Waals surface area contributed by atoms with Gasteiger partial charge in [-0.05, 0) is 38.5 Å². The first kappa shape index (κ1) is 14.0. The fraction of sp³-hybridized carbons (Fsp3) is 0.462. The van der Waals surface area contributed by atoms with E-state index in [1.165, 1.54) is 0 Å². The Labute approximate surface area is 107 Å². The van der Waals surface area contributed by atoms with Crippen LogP contribution in [0.4, 0.5) is 0 Å². The number of carboxylic acids is 1. The summed E-state index contributed by atoms with van der Waals surface area (Å²) < 4.78 is 0. The summed E-state index contributed by atoms with van der Waals surface area (Å²) >= 11 is 5.91. The van der Waals surface area contributed by atoms with E-state index in [1.54, 1.807) is 13.8 Å². The van der Waals surface area contributed by atoms with Crippen LogP contribution in [-0.2, 0) is 4.79 Å². The molecule has 0 spiro atoms. The Kier molecular flexibility index (Phi) is 4.54. The Morgan fingerprint density at radius 3 is 2.71 bits per heavy atom. The van der Waals surface area contributed by atoms with Gasteiger partial charge >= 0.3 is 5.97 Å². The number of benzene rings is 1. The van der Waals surface area contributed by atoms with Crippen molar-refractivity contribution in [3.05, 3.63) is 34.9 Å². The predicted octanol–water partition coefficient (Wildman–Crippen LogP) is 3.10. The highest BCUT2D eigenvalue weighted by Crippen LogP contribution is 2.20. The number of halogens is 1. The van der Waals surface area contributed by atoms with Crippen molar-refractivity contribution in [2.75, 3.05) is 6.54 Å². The Morgan fingerprint density at radius 1 is 1.53 bits per heavy atom. The van der Waals surface area contributed by atoms with Crippen LogP contribution < -0.4 is 5.32 Å². The third-order valence-electron chi connectivity index (χ3n) is 2.78. The molecule has 2 N–H and O–H groups in total. The van der Waals surface area contributed by atoms with Gasteiger partial charge in [0.05, 0.1) is 5.41 Å². The van der Waals surface area contributed by atoms with Gasteiger partial charge in [-0.3, -0.25) is 4.79 Å². The normalized spacial score (nSPS) is 13.4. The highest BCUT2D eigenvalue weighted by atomic mass is 35.5. The van der Waals surface area contributed by atoms with E-state index in [9.17, 15) is 4.79 Å². The van der Waals surface area contributed by atoms with Crippen LogP contribution in [-0.4, -0.2) is 17.6 Å². The Morgan fingerprint density at radius 2 is 2.18 bits per heavy atom. The minimum atomic E-state index is -0.803. The summed E-state index contributed by atoms with van der Waals surface area (Å²) in [6.07, 6.45) is 0. The van der Waals surface area contributed by atoms with Crippen molar-refractivity contribution in [3.63, 3.8) is 0 Å². The third kappa shape index (κ3) is 4.02. The van der Waals surface area contributed by atoms with Crippen LogP contribution in [0.1, 0.15) is 32.4 Å². The van der Waals surface area contributed by atoms with E-state index < -0.39 is 11.4 Å². The lowest BCUT2D eigenvalue weighted by Crippen LogP contribution is -2.37. The van der Waals surface area contributed by atoms with Crippen LogP contribution in [0.2, 0.25) is 5.02 Å². The third-order valence-corrected chi connectivity index (χ3v) is 3.01. The molecule has 0 aliphatic heterocycles. The van der Waals surface area contributed by atoms with Crippen LogP contribution in [0, 0.1) is 5.41 Å². The maximum absolute atomic E-state index is 11.0. The first-order valence-corrected chi connectivity index (χ1v) is 5.93. The Hall–Kier alpha value is -1.06. The molecule has 1 atom stereocenters. The van der Waals surface area contributed by atoms with E-state index >= 15 is 0 Å². The predicted molar refractivity (Wildman–Crippen MR) is 69.3 cm³/mol. The summed E-state index contributed by atoms with van der Waals surface area (Å²) in [7, 11) is 0. The number of aliphatic carboxylic acids is 1. The second kappa shape index (κ2) is 5.52. The van der Waals surface area contributed by atoms with Gasteiger partial charge in [0.2, 0.25) is 0 Å². The summed E-state index contributed by atoms with van der Waals surface area (Å²) in [5, 5.41) is 12.9. The summed E-state index contributed by atoms with van der Waals surface area (Å²) in [6.45, 7) is 5.81. The minimum Gasteiger partial charge on any atom is -0.481 e. The smallest absolute Gasteiger partial charge is 0.310 e. The zero-order valence-corrected chi connectivity index (χ0v) is 11.1. The standard InChI is InChI=1S/C13H18ClNO2/c1-9(10-5-4-6-11(14)7-10)15-8-13(2,3)12(16)17/h4-7,9,15H,8H2,1-3H3,(H,16,17)/t9-/m0/s1. The molecule has 0 saturated carbocycles. The molecule has 17 heavy (non-hydrogen) atoms. The number of carbonyl (C=O) groups is 1. The van der Waals surface area contributed by atoms with E-state index in [-0.39, 0.29) is 6.04 Å². The fourth-order valence-electron chi connectivity index (χ4n) is 1.38. The maximum atomic E-state index is 11.0. The SMILES string of the molecule is C[C@H](NCC(C)(C)C(=O)O)c1cccc(Cl)c1. The molecule has 0 saturated heterocycles. The average Bonchev–Trinajstić information content (AvgIpc) is 2.25. The molecule has 0 amide bonds. The van der Waals surface area contributed by atoms with Gasteiger partial charge < -0.3 is 10.4 Å². The van der Waals surface area contributed by atoms with Crippen LogP contribution in [0.25, 0.3) is 0 Å². The topological polar surface area (TPSA) is 49.3 Å². The van der Waals surface area contributed by atoms with Gasteiger partial charge in [0, 0.05) is 17.6 Å². The van der Waals surface area contributed by atoms with Gasteiger partial charge in [-0.1, -0.05) is 23.7 Å². The summed E-state index contributed by atoms with van der Waals surface area (Å²) in [5.41, 5.74) is 0.283. The van der Waals surface area contributed by atoms with E-state index in [0.29, 0.717) is 11.6 Å². The Bertz CT molecular complexity index is 404. The molecule has 1 aromatic rings. The molecule has 3 nitrogen and oxygen atoms in total. The van der Waals surface area contributed by atoms with E-state index in [0.717, 1.165) is 5.56 Å². The molecule has 1 rings (SSSR count). The van der Waals surface area contributed by atoms with Gasteiger partial charge in [-0.2, -0.15) is 0 Å². The van der Waals surface area contributed by atoms with Crippen molar-refractivity contribution in [2.45, 2.75) is 26.8 Å². The van der Waals surface area contributed by atoms with Gasteiger partial charge in [-0.15, -0.1) is 0 Å². The number of carboxylic acid groups (broad SMARTS) is 1. The Balaban J connectivity index is 2.62. The summed E-state index contributed by atoms with van der Waals surface area (Å²) in [4.78, 5) is 11.0. The van der Waals surface area contributed by atoms with Gasteiger partial charge in [0.15, 0.2) is 0 Å². The molecule has 94 valence electrons. The summed E-state index contributed by atoms with van der Waals surface area (Å²) in [5.74, 6) is -0.803. The highest BCUT2D eigenvalue weighted by Gasteiger charge is 2.27. The fourth-order valence-corrected chi connectivity index (χ4v) is 1.58. The van der Waals surface area contributed by atoms with Crippen molar-refractivity contribution >= 4 is 17.6 Å². The monoisotopic (exact) mass is 255 g/mol. The minimum absolute atomic E-state index is 0.0762. The zero-order valence-electron chi connectivity index (χ0n) is 10.3. The second-order valence-corrected chi connectivity index (χ2v) is 5.28. The van der Waals surface area contributed by atoms with Gasteiger partial charge in [0.1, 0.15) is 0 Å². The van der Waals surface area contributed by atoms with E-state index in [1.807, 2.05) is 31.2 Å². The second-order valence-electron chi connectivity index (χ2n) is 4.85. The largest absolute Gasteiger partial charge is 0.481 e. The van der Waals surface area contributed by atoms with Crippen molar-refractivity contribution in [2.24, 2.45) is 5.41 Å². The van der Waals surface area contributed by atoms with Gasteiger partial charge in [-0.25, -0.2) is 0 Å². The lowest BCUT2D eigenvalue weighted by molar-refractivity contribution is -0.146. The first-order chi connectivity index (χ1) is 7.83. The molecule has 0 heterocycles. The average molecular weight is 256 g/mol. The van der Waals surface area contributed by atoms with Crippen molar-refractivity contribution in [1.82, 2.24) is 5.32 Å². The number of hydrogen-bond acceptors (Lipinski definition) is 2. The van der Waals surface area contributed by atoms with Crippen LogP contribution in [0.3, 0.4) is 0 Å².